The van der Waals surface area contributed by atoms with Crippen LogP contribution in [0.3, 0.4) is 0 Å². The lowest BCUT2D eigenvalue weighted by molar-refractivity contribution is -0.313. The monoisotopic (exact) mass is 359 g/mol. The molecule has 0 saturated carbocycles. The number of nitrogens with zero attached hydrogens (tertiary/aromatic N) is 1. The summed E-state index contributed by atoms with van der Waals surface area (Å²) >= 11 is 1.21. The molecule has 1 amide bonds. The first-order valence-corrected chi connectivity index (χ1v) is 8.48. The summed E-state index contributed by atoms with van der Waals surface area (Å²) in [4.78, 5) is 28.1. The number of fused-ring (bicyclic) bond motifs is 2. The maximum absolute atomic E-state index is 13.0. The van der Waals surface area contributed by atoms with E-state index in [1.165, 1.54) is 23.5 Å². The molecule has 2 aliphatic rings. The number of aliphatic carboxylic acids is 1. The lowest BCUT2D eigenvalue weighted by Crippen LogP contribution is -2.45. The normalized spacial score (nSPS) is 26.8. The van der Waals surface area contributed by atoms with Gasteiger partial charge in [0, 0.05) is 22.8 Å². The van der Waals surface area contributed by atoms with Gasteiger partial charge in [-0.05, 0) is 24.3 Å². The van der Waals surface area contributed by atoms with Crippen molar-refractivity contribution in [2.75, 3.05) is 5.32 Å². The van der Waals surface area contributed by atoms with Crippen LogP contribution in [0.4, 0.5) is 9.52 Å². The highest BCUT2D eigenvalue weighted by Crippen LogP contribution is 2.39. The summed E-state index contributed by atoms with van der Waals surface area (Å²) in [7, 11) is 0. The Balaban J connectivity index is 1.51. The first-order valence-electron chi connectivity index (χ1n) is 7.60. The van der Waals surface area contributed by atoms with Crippen LogP contribution in [-0.2, 0) is 14.3 Å². The van der Waals surface area contributed by atoms with Crippen molar-refractivity contribution in [1.29, 1.82) is 0 Å². The molecule has 2 aliphatic heterocycles. The molecule has 128 valence electrons. The lowest BCUT2D eigenvalue weighted by atomic mass is 9.82. The fourth-order valence-electron chi connectivity index (χ4n) is 3.17. The fraction of sp³-hybridized carbons (Fsp3) is 0.235. The number of carboxylic acids is 1. The number of thiazole rings is 1. The Morgan fingerprint density at radius 1 is 1.16 bits per heavy atom. The minimum atomic E-state index is -1.30. The van der Waals surface area contributed by atoms with Crippen LogP contribution in [0.1, 0.15) is 0 Å². The first kappa shape index (κ1) is 15.9. The van der Waals surface area contributed by atoms with Gasteiger partial charge in [-0.1, -0.05) is 12.2 Å². The van der Waals surface area contributed by atoms with Crippen LogP contribution in [0.15, 0.2) is 41.8 Å². The number of anilines is 1. The minimum absolute atomic E-state index is 0.341. The Hall–Kier alpha value is -2.58. The molecule has 25 heavy (non-hydrogen) atoms. The number of carbonyl (C=O) groups excluding carboxylic acids is 2. The second-order valence-electron chi connectivity index (χ2n) is 5.85. The summed E-state index contributed by atoms with van der Waals surface area (Å²) in [6.07, 6.45) is 2.15. The van der Waals surface area contributed by atoms with Crippen LogP contribution in [0.5, 0.6) is 0 Å². The van der Waals surface area contributed by atoms with E-state index in [1.807, 2.05) is 0 Å². The lowest BCUT2D eigenvalue weighted by Gasteiger charge is -2.24. The molecule has 0 unspecified atom stereocenters. The molecule has 8 heteroatoms. The van der Waals surface area contributed by atoms with E-state index in [0.29, 0.717) is 10.8 Å². The average Bonchev–Trinajstić information content (AvgIpc) is 3.30. The molecule has 6 nitrogen and oxygen atoms in total. The number of carbonyl (C=O) groups is 2. The third kappa shape index (κ3) is 2.83. The molecular formula is C17H12FN2O4S-. The van der Waals surface area contributed by atoms with Gasteiger partial charge in [0.25, 0.3) is 0 Å². The molecule has 4 atom stereocenters. The van der Waals surface area contributed by atoms with Gasteiger partial charge in [0.15, 0.2) is 5.13 Å². The topological polar surface area (TPSA) is 91.3 Å². The summed E-state index contributed by atoms with van der Waals surface area (Å²) < 4.78 is 18.4. The smallest absolute Gasteiger partial charge is 0.233 e. The molecule has 1 aromatic heterocycles. The molecule has 1 fully saturated rings. The highest BCUT2D eigenvalue weighted by molar-refractivity contribution is 7.14. The molecule has 1 N–H and O–H groups in total. The number of hydrogen-bond acceptors (Lipinski definition) is 6. The van der Waals surface area contributed by atoms with Crippen LogP contribution in [-0.4, -0.2) is 29.1 Å². The van der Waals surface area contributed by atoms with Gasteiger partial charge >= 0.3 is 0 Å². The summed E-state index contributed by atoms with van der Waals surface area (Å²) in [5, 5.41) is 16.0. The zero-order valence-corrected chi connectivity index (χ0v) is 13.5. The number of benzene rings is 1. The zero-order valence-electron chi connectivity index (χ0n) is 12.7. The number of halogens is 1. The van der Waals surface area contributed by atoms with E-state index < -0.39 is 35.9 Å². The summed E-state index contributed by atoms with van der Waals surface area (Å²) in [6, 6.07) is 5.85. The van der Waals surface area contributed by atoms with E-state index in [9.17, 15) is 19.1 Å². The van der Waals surface area contributed by atoms with E-state index in [4.69, 9.17) is 4.74 Å². The van der Waals surface area contributed by atoms with E-state index >= 15 is 0 Å². The molecule has 4 rings (SSSR count). The van der Waals surface area contributed by atoms with Crippen LogP contribution in [0.25, 0.3) is 11.3 Å². The van der Waals surface area contributed by atoms with E-state index in [-0.39, 0.29) is 5.82 Å². The Labute approximate surface area is 146 Å². The summed E-state index contributed by atoms with van der Waals surface area (Å²) in [5.74, 6) is -3.97. The Bertz CT molecular complexity index is 864. The number of nitrogens with one attached hydrogen (secondary N) is 1. The van der Waals surface area contributed by atoms with Crippen molar-refractivity contribution >= 4 is 28.3 Å². The third-order valence-electron chi connectivity index (χ3n) is 4.35. The maximum Gasteiger partial charge on any atom is 0.233 e. The van der Waals surface area contributed by atoms with Gasteiger partial charge in [0.05, 0.1) is 23.8 Å². The first-order chi connectivity index (χ1) is 12.0. The van der Waals surface area contributed by atoms with Crippen molar-refractivity contribution in [2.24, 2.45) is 11.8 Å². The average molecular weight is 359 g/mol. The molecule has 1 aromatic carbocycles. The van der Waals surface area contributed by atoms with Crippen molar-refractivity contribution in [3.05, 3.63) is 47.6 Å². The van der Waals surface area contributed by atoms with Crippen LogP contribution in [0.2, 0.25) is 0 Å². The Morgan fingerprint density at radius 2 is 1.84 bits per heavy atom. The Kier molecular flexibility index (Phi) is 3.85. The van der Waals surface area contributed by atoms with Crippen molar-refractivity contribution in [2.45, 2.75) is 12.2 Å². The van der Waals surface area contributed by atoms with Gasteiger partial charge in [-0.15, -0.1) is 11.3 Å². The number of aromatic nitrogens is 1. The van der Waals surface area contributed by atoms with Gasteiger partial charge in [-0.2, -0.15) is 0 Å². The molecule has 2 aromatic rings. The van der Waals surface area contributed by atoms with Gasteiger partial charge in [-0.3, -0.25) is 4.79 Å². The SMILES string of the molecule is O=C([O-])[C@@H]1[C@@H](C(=O)Nc2nc(-c3ccc(F)cc3)cs2)[C@H]2C=C[C@@H]1O2. The van der Waals surface area contributed by atoms with E-state index in [2.05, 4.69) is 10.3 Å². The van der Waals surface area contributed by atoms with Crippen molar-refractivity contribution in [3.63, 3.8) is 0 Å². The third-order valence-corrected chi connectivity index (χ3v) is 5.11. The molecule has 2 bridgehead atoms. The predicted molar refractivity (Wildman–Crippen MR) is 85.9 cm³/mol. The summed E-state index contributed by atoms with van der Waals surface area (Å²) in [5.41, 5.74) is 1.32. The Morgan fingerprint density at radius 3 is 2.52 bits per heavy atom. The zero-order chi connectivity index (χ0) is 17.6. The standard InChI is InChI=1S/C17H13FN2O4S/c18-9-3-1-8(2-4-9)10-7-25-17(19-10)20-15(21)13-11-5-6-12(24-11)14(13)16(22)23/h1-7,11-14H,(H,22,23)(H,19,20,21)/p-1/t11-,12+,13+,14+/m1/s1. The molecule has 3 heterocycles. The van der Waals surface area contributed by atoms with E-state index in [1.54, 1.807) is 29.7 Å². The molecule has 1 saturated heterocycles. The summed E-state index contributed by atoms with van der Waals surface area (Å²) in [6.45, 7) is 0. The molecule has 0 aliphatic carbocycles. The molecule has 0 spiro atoms. The van der Waals surface area contributed by atoms with Crippen molar-refractivity contribution < 1.29 is 23.8 Å². The maximum atomic E-state index is 13.0. The number of hydrogen-bond donors (Lipinski definition) is 1. The van der Waals surface area contributed by atoms with Gasteiger partial charge in [0.2, 0.25) is 5.91 Å². The van der Waals surface area contributed by atoms with Gasteiger partial charge < -0.3 is 20.0 Å². The van der Waals surface area contributed by atoms with Gasteiger partial charge in [-0.25, -0.2) is 9.37 Å². The van der Waals surface area contributed by atoms with Gasteiger partial charge in [0.1, 0.15) is 5.82 Å². The number of ether oxygens (including phenoxy) is 1. The van der Waals surface area contributed by atoms with Crippen molar-refractivity contribution in [3.8, 4) is 11.3 Å². The quantitative estimate of drug-likeness (QED) is 0.829. The minimum Gasteiger partial charge on any atom is -0.550 e. The number of rotatable bonds is 4. The van der Waals surface area contributed by atoms with Crippen LogP contribution < -0.4 is 10.4 Å². The van der Waals surface area contributed by atoms with Crippen LogP contribution in [0, 0.1) is 17.7 Å². The predicted octanol–water partition coefficient (Wildman–Crippen LogP) is 1.21. The number of carboxylic acid groups (broad SMARTS) is 1. The van der Waals surface area contributed by atoms with Crippen LogP contribution >= 0.6 is 11.3 Å². The fourth-order valence-corrected chi connectivity index (χ4v) is 3.90. The highest BCUT2D eigenvalue weighted by atomic mass is 32.1. The second-order valence-corrected chi connectivity index (χ2v) is 6.71. The largest absolute Gasteiger partial charge is 0.550 e. The van der Waals surface area contributed by atoms with E-state index in [0.717, 1.165) is 5.56 Å². The highest BCUT2D eigenvalue weighted by Gasteiger charge is 2.50. The number of amides is 1. The van der Waals surface area contributed by atoms with Crippen molar-refractivity contribution in [1.82, 2.24) is 4.98 Å². The second kappa shape index (κ2) is 6.05. The molecular weight excluding hydrogens is 347 g/mol. The molecule has 0 radical (unpaired) electrons.